The minimum atomic E-state index is 0.0286. The molecule has 0 radical (unpaired) electrons. The van der Waals surface area contributed by atoms with Crippen LogP contribution in [0.1, 0.15) is 6.92 Å². The monoisotopic (exact) mass is 351 g/mol. The van der Waals surface area contributed by atoms with Gasteiger partial charge in [-0.1, -0.05) is 0 Å². The molecule has 25 heavy (non-hydrogen) atoms. The van der Waals surface area contributed by atoms with Gasteiger partial charge in [0, 0.05) is 52.4 Å². The summed E-state index contributed by atoms with van der Waals surface area (Å²) < 4.78 is 7.60. The summed E-state index contributed by atoms with van der Waals surface area (Å²) in [7, 11) is 2.06. The van der Waals surface area contributed by atoms with Crippen LogP contribution in [-0.2, 0) is 11.3 Å². The molecule has 1 aromatic rings. The summed E-state index contributed by atoms with van der Waals surface area (Å²) in [4.78, 5) is 23.0. The van der Waals surface area contributed by atoms with Crippen LogP contribution in [0, 0.1) is 0 Å². The summed E-state index contributed by atoms with van der Waals surface area (Å²) in [6.07, 6.45) is 3.37. The second-order valence-corrected chi connectivity index (χ2v) is 6.76. The number of hydrogen-bond acceptors (Lipinski definition) is 6. The fourth-order valence-electron chi connectivity index (χ4n) is 3.50. The van der Waals surface area contributed by atoms with Gasteiger partial charge in [-0.05, 0) is 14.0 Å². The normalized spacial score (nSPS) is 25.4. The Morgan fingerprint density at radius 3 is 2.72 bits per heavy atom. The van der Waals surface area contributed by atoms with Crippen LogP contribution in [0.5, 0.6) is 0 Å². The van der Waals surface area contributed by atoms with Crippen molar-refractivity contribution < 1.29 is 9.53 Å². The standard InChI is InChI=1S/C16H29N7O2/c1-3-25-15-11-20(2)10-14(15)19-16(24)22-7-4-21(5-8-22)6-9-23-13-17-12-18-23/h12-15H,3-11H2,1-2H3,(H,19,24)/t14-,15-/m0/s1. The molecule has 2 aliphatic rings. The Balaban J connectivity index is 1.40. The van der Waals surface area contributed by atoms with E-state index in [9.17, 15) is 4.79 Å². The Morgan fingerprint density at radius 1 is 1.24 bits per heavy atom. The summed E-state index contributed by atoms with van der Waals surface area (Å²) in [5.74, 6) is 0. The van der Waals surface area contributed by atoms with Crippen molar-refractivity contribution in [2.45, 2.75) is 25.6 Å². The Morgan fingerprint density at radius 2 is 2.04 bits per heavy atom. The van der Waals surface area contributed by atoms with Crippen LogP contribution in [0.3, 0.4) is 0 Å². The van der Waals surface area contributed by atoms with Crippen molar-refractivity contribution in [1.82, 2.24) is 34.8 Å². The van der Waals surface area contributed by atoms with Crippen molar-refractivity contribution in [2.24, 2.45) is 0 Å². The summed E-state index contributed by atoms with van der Waals surface area (Å²) in [6.45, 7) is 9.43. The first-order valence-electron chi connectivity index (χ1n) is 9.06. The third kappa shape index (κ3) is 4.90. The Labute approximate surface area is 148 Å². The highest BCUT2D eigenvalue weighted by Crippen LogP contribution is 2.13. The molecule has 2 atom stereocenters. The van der Waals surface area contributed by atoms with E-state index in [4.69, 9.17) is 4.74 Å². The fraction of sp³-hybridized carbons (Fsp3) is 0.812. The lowest BCUT2D eigenvalue weighted by Gasteiger charge is -2.35. The van der Waals surface area contributed by atoms with Crippen molar-refractivity contribution in [3.63, 3.8) is 0 Å². The largest absolute Gasteiger partial charge is 0.375 e. The molecule has 9 heteroatoms. The van der Waals surface area contributed by atoms with E-state index in [1.54, 1.807) is 12.7 Å². The first-order chi connectivity index (χ1) is 12.2. The van der Waals surface area contributed by atoms with Crippen molar-refractivity contribution in [3.05, 3.63) is 12.7 Å². The molecular weight excluding hydrogens is 322 g/mol. The Hall–Kier alpha value is -1.71. The van der Waals surface area contributed by atoms with E-state index in [0.717, 1.165) is 52.4 Å². The minimum Gasteiger partial charge on any atom is -0.375 e. The van der Waals surface area contributed by atoms with Gasteiger partial charge in [0.1, 0.15) is 12.7 Å². The number of rotatable bonds is 6. The number of likely N-dealkylation sites (N-methyl/N-ethyl adjacent to an activating group) is 1. The van der Waals surface area contributed by atoms with Crippen molar-refractivity contribution >= 4 is 6.03 Å². The minimum absolute atomic E-state index is 0.0286. The quantitative estimate of drug-likeness (QED) is 0.732. The van der Waals surface area contributed by atoms with Crippen LogP contribution >= 0.6 is 0 Å². The average molecular weight is 351 g/mol. The molecule has 0 spiro atoms. The molecule has 3 heterocycles. The predicted octanol–water partition coefficient (Wildman–Crippen LogP) is -0.676. The SMILES string of the molecule is CCO[C@H]1CN(C)C[C@@H]1NC(=O)N1CCN(CCn2cncn2)CC1. The molecule has 140 valence electrons. The van der Waals surface area contributed by atoms with Crippen LogP contribution in [0.25, 0.3) is 0 Å². The number of ether oxygens (including phenoxy) is 1. The second kappa shape index (κ2) is 8.59. The maximum atomic E-state index is 12.6. The molecule has 2 aliphatic heterocycles. The maximum Gasteiger partial charge on any atom is 0.317 e. The third-order valence-corrected chi connectivity index (χ3v) is 4.91. The van der Waals surface area contributed by atoms with Crippen LogP contribution in [-0.4, -0.2) is 107 Å². The van der Waals surface area contributed by atoms with Gasteiger partial charge in [0.05, 0.1) is 18.7 Å². The van der Waals surface area contributed by atoms with E-state index in [-0.39, 0.29) is 18.2 Å². The van der Waals surface area contributed by atoms with E-state index in [1.165, 1.54) is 0 Å². The van der Waals surface area contributed by atoms with Crippen LogP contribution in [0.2, 0.25) is 0 Å². The number of piperazine rings is 1. The van der Waals surface area contributed by atoms with Crippen molar-refractivity contribution in [2.75, 3.05) is 59.5 Å². The molecule has 3 rings (SSSR count). The van der Waals surface area contributed by atoms with Crippen LogP contribution in [0.15, 0.2) is 12.7 Å². The van der Waals surface area contributed by atoms with Gasteiger partial charge in [0.2, 0.25) is 0 Å². The van der Waals surface area contributed by atoms with Gasteiger partial charge < -0.3 is 19.9 Å². The molecule has 1 N–H and O–H groups in total. The number of aromatic nitrogens is 3. The molecule has 0 saturated carbocycles. The molecule has 2 saturated heterocycles. The average Bonchev–Trinajstić information content (AvgIpc) is 3.24. The fourth-order valence-corrected chi connectivity index (χ4v) is 3.50. The Bertz CT molecular complexity index is 531. The summed E-state index contributed by atoms with van der Waals surface area (Å²) in [6, 6.07) is 0.101. The molecule has 0 unspecified atom stereocenters. The molecule has 1 aromatic heterocycles. The zero-order valence-electron chi connectivity index (χ0n) is 15.2. The molecular formula is C16H29N7O2. The highest BCUT2D eigenvalue weighted by atomic mass is 16.5. The van der Waals surface area contributed by atoms with Gasteiger partial charge in [-0.2, -0.15) is 5.10 Å². The number of carbonyl (C=O) groups excluding carboxylic acids is 1. The zero-order valence-corrected chi connectivity index (χ0v) is 15.2. The number of carbonyl (C=O) groups is 1. The number of amides is 2. The van der Waals surface area contributed by atoms with Gasteiger partial charge in [0.15, 0.2) is 0 Å². The first-order valence-corrected chi connectivity index (χ1v) is 9.06. The summed E-state index contributed by atoms with van der Waals surface area (Å²) >= 11 is 0. The van der Waals surface area contributed by atoms with Gasteiger partial charge in [-0.15, -0.1) is 0 Å². The van der Waals surface area contributed by atoms with Crippen LogP contribution in [0.4, 0.5) is 4.79 Å². The molecule has 0 aliphatic carbocycles. The lowest BCUT2D eigenvalue weighted by molar-refractivity contribution is 0.0538. The van der Waals surface area contributed by atoms with Gasteiger partial charge >= 0.3 is 6.03 Å². The van der Waals surface area contributed by atoms with Gasteiger partial charge in [-0.25, -0.2) is 9.78 Å². The van der Waals surface area contributed by atoms with Crippen molar-refractivity contribution in [1.29, 1.82) is 0 Å². The number of hydrogen-bond donors (Lipinski definition) is 1. The lowest BCUT2D eigenvalue weighted by atomic mass is 10.2. The number of urea groups is 1. The number of likely N-dealkylation sites (tertiary alicyclic amines) is 1. The third-order valence-electron chi connectivity index (χ3n) is 4.91. The Kier molecular flexibility index (Phi) is 6.22. The predicted molar refractivity (Wildman–Crippen MR) is 93.3 cm³/mol. The van der Waals surface area contributed by atoms with Crippen LogP contribution < -0.4 is 5.32 Å². The maximum absolute atomic E-state index is 12.6. The topological polar surface area (TPSA) is 78.8 Å². The molecule has 2 fully saturated rings. The second-order valence-electron chi connectivity index (χ2n) is 6.76. The van der Waals surface area contributed by atoms with E-state index in [0.29, 0.717) is 6.61 Å². The highest BCUT2D eigenvalue weighted by molar-refractivity contribution is 5.74. The summed E-state index contributed by atoms with van der Waals surface area (Å²) in [5.41, 5.74) is 0. The summed E-state index contributed by atoms with van der Waals surface area (Å²) in [5, 5.41) is 7.28. The number of nitrogens with zero attached hydrogens (tertiary/aromatic N) is 6. The molecule has 2 amide bonds. The molecule has 0 bridgehead atoms. The molecule has 0 aromatic carbocycles. The van der Waals surface area contributed by atoms with Crippen molar-refractivity contribution in [3.8, 4) is 0 Å². The first kappa shape index (κ1) is 18.1. The van der Waals surface area contributed by atoms with Gasteiger partial charge in [0.25, 0.3) is 0 Å². The van der Waals surface area contributed by atoms with E-state index in [2.05, 4.69) is 32.2 Å². The smallest absolute Gasteiger partial charge is 0.317 e. The zero-order chi connectivity index (χ0) is 17.6. The highest BCUT2D eigenvalue weighted by Gasteiger charge is 2.33. The number of nitrogens with one attached hydrogen (secondary N) is 1. The van der Waals surface area contributed by atoms with E-state index in [1.807, 2.05) is 16.5 Å². The van der Waals surface area contributed by atoms with E-state index >= 15 is 0 Å². The van der Waals surface area contributed by atoms with E-state index < -0.39 is 0 Å². The molecule has 9 nitrogen and oxygen atoms in total. The van der Waals surface area contributed by atoms with Gasteiger partial charge in [-0.3, -0.25) is 9.58 Å². The lowest BCUT2D eigenvalue weighted by Crippen LogP contribution is -2.55.